The molecule has 46 heavy (non-hydrogen) atoms. The number of rotatable bonds is 7. The van der Waals surface area contributed by atoms with E-state index in [2.05, 4.69) is 42.2 Å². The number of fused-ring (bicyclic) bond motifs is 2. The summed E-state index contributed by atoms with van der Waals surface area (Å²) in [6.07, 6.45) is 1.95. The number of hydrogen-bond donors (Lipinski definition) is 1. The van der Waals surface area contributed by atoms with Gasteiger partial charge in [0.25, 0.3) is 5.56 Å². The molecule has 2 aromatic heterocycles. The molecule has 1 aliphatic rings. The van der Waals surface area contributed by atoms with Crippen LogP contribution in [-0.4, -0.2) is 29.2 Å². The summed E-state index contributed by atoms with van der Waals surface area (Å²) in [5, 5.41) is 1.02. The van der Waals surface area contributed by atoms with E-state index in [1.807, 2.05) is 78.9 Å². The number of esters is 1. The van der Waals surface area contributed by atoms with Crippen molar-refractivity contribution < 1.29 is 14.3 Å². The van der Waals surface area contributed by atoms with Gasteiger partial charge in [0.15, 0.2) is 4.80 Å². The molecule has 0 bridgehead atoms. The van der Waals surface area contributed by atoms with Gasteiger partial charge in [-0.25, -0.2) is 9.79 Å². The van der Waals surface area contributed by atoms with Crippen LogP contribution >= 0.6 is 11.3 Å². The number of benzene rings is 4. The standard InChI is InChI=1S/C38H31N3O4S/c1-4-45-37(43)32-34(25-13-9-6-10-14-25)40-38-41(35(32)26-16-18-27(44-3)19-17-26)36(42)31(46-38)22-29-28-21-23(2)15-20-30(28)39-33(29)24-11-7-5-8-12-24/h5-22,35,39H,4H2,1-3H3/b31-22+/t35-/m1/s1. The van der Waals surface area contributed by atoms with Crippen molar-refractivity contribution in [2.75, 3.05) is 13.7 Å². The van der Waals surface area contributed by atoms with Crippen molar-refractivity contribution in [1.82, 2.24) is 9.55 Å². The number of nitrogens with one attached hydrogen (secondary N) is 1. The van der Waals surface area contributed by atoms with E-state index in [-0.39, 0.29) is 12.2 Å². The molecule has 1 atom stereocenters. The third kappa shape index (κ3) is 5.16. The number of aromatic amines is 1. The summed E-state index contributed by atoms with van der Waals surface area (Å²) in [4.78, 5) is 37.4. The number of thiazole rings is 1. The van der Waals surface area contributed by atoms with E-state index >= 15 is 0 Å². The summed E-state index contributed by atoms with van der Waals surface area (Å²) in [5.41, 5.74) is 7.03. The minimum absolute atomic E-state index is 0.187. The maximum absolute atomic E-state index is 14.5. The maximum Gasteiger partial charge on any atom is 0.338 e. The number of methoxy groups -OCH3 is 1. The van der Waals surface area contributed by atoms with Crippen molar-refractivity contribution in [2.24, 2.45) is 4.99 Å². The van der Waals surface area contributed by atoms with Gasteiger partial charge in [-0.2, -0.15) is 0 Å². The second kappa shape index (κ2) is 12.1. The summed E-state index contributed by atoms with van der Waals surface area (Å²) in [6, 6.07) is 32.6. The molecule has 7 nitrogen and oxygen atoms in total. The van der Waals surface area contributed by atoms with E-state index in [1.54, 1.807) is 18.6 Å². The lowest BCUT2D eigenvalue weighted by molar-refractivity contribution is -0.138. The average molecular weight is 626 g/mol. The second-order valence-corrected chi connectivity index (χ2v) is 12.0. The number of hydrogen-bond acceptors (Lipinski definition) is 6. The van der Waals surface area contributed by atoms with Gasteiger partial charge in [-0.05, 0) is 55.3 Å². The lowest BCUT2D eigenvalue weighted by Crippen LogP contribution is -2.40. The van der Waals surface area contributed by atoms with Crippen molar-refractivity contribution in [3.63, 3.8) is 0 Å². The molecule has 0 radical (unpaired) electrons. The molecule has 0 fully saturated rings. The highest BCUT2D eigenvalue weighted by molar-refractivity contribution is 7.07. The monoisotopic (exact) mass is 625 g/mol. The fourth-order valence-corrected chi connectivity index (χ4v) is 6.96. The average Bonchev–Trinajstić information content (AvgIpc) is 3.61. The van der Waals surface area contributed by atoms with Crippen LogP contribution in [0.15, 0.2) is 118 Å². The predicted molar refractivity (Wildman–Crippen MR) is 183 cm³/mol. The van der Waals surface area contributed by atoms with Gasteiger partial charge < -0.3 is 14.5 Å². The lowest BCUT2D eigenvalue weighted by Gasteiger charge is -2.26. The van der Waals surface area contributed by atoms with Gasteiger partial charge in [0.2, 0.25) is 0 Å². The van der Waals surface area contributed by atoms with Gasteiger partial charge in [-0.1, -0.05) is 95.8 Å². The summed E-state index contributed by atoms with van der Waals surface area (Å²) >= 11 is 1.31. The predicted octanol–water partition coefficient (Wildman–Crippen LogP) is 6.40. The highest BCUT2D eigenvalue weighted by atomic mass is 32.1. The molecule has 4 aromatic carbocycles. The van der Waals surface area contributed by atoms with Gasteiger partial charge in [0.1, 0.15) is 5.75 Å². The summed E-state index contributed by atoms with van der Waals surface area (Å²) < 4.78 is 13.1. The number of carbonyl (C=O) groups excluding carboxylic acids is 1. The lowest BCUT2D eigenvalue weighted by atomic mass is 9.93. The first-order valence-corrected chi connectivity index (χ1v) is 15.9. The molecule has 3 heterocycles. The van der Waals surface area contributed by atoms with Crippen molar-refractivity contribution >= 4 is 40.0 Å². The van der Waals surface area contributed by atoms with E-state index < -0.39 is 12.0 Å². The smallest absolute Gasteiger partial charge is 0.338 e. The molecule has 0 aliphatic carbocycles. The SMILES string of the molecule is CCOC(=O)C1=C(c2ccccc2)N=c2s/c(=C/c3c(-c4ccccc4)[nH]c4ccc(C)cc34)c(=O)n2[C@@H]1c1ccc(OC)cc1. The molecule has 228 valence electrons. The quantitative estimate of drug-likeness (QED) is 0.208. The Morgan fingerprint density at radius 2 is 1.65 bits per heavy atom. The molecular formula is C38H31N3O4S. The summed E-state index contributed by atoms with van der Waals surface area (Å²) in [5.74, 6) is 0.155. The topological polar surface area (TPSA) is 85.7 Å². The fourth-order valence-electron chi connectivity index (χ4n) is 5.98. The Bertz CT molecular complexity index is 2300. The van der Waals surface area contributed by atoms with Gasteiger partial charge in [0.05, 0.1) is 41.3 Å². The van der Waals surface area contributed by atoms with Crippen LogP contribution in [-0.2, 0) is 9.53 Å². The number of nitrogens with zero attached hydrogens (tertiary/aromatic N) is 2. The zero-order valence-electron chi connectivity index (χ0n) is 25.6. The molecule has 0 saturated carbocycles. The van der Waals surface area contributed by atoms with Crippen LogP contribution in [0, 0.1) is 6.92 Å². The molecule has 6 aromatic rings. The fraction of sp³-hybridized carbons (Fsp3) is 0.132. The maximum atomic E-state index is 14.5. The number of aromatic nitrogens is 2. The Morgan fingerprint density at radius 3 is 2.33 bits per heavy atom. The Morgan fingerprint density at radius 1 is 0.957 bits per heavy atom. The van der Waals surface area contributed by atoms with E-state index in [0.29, 0.717) is 26.4 Å². The number of ether oxygens (including phenoxy) is 2. The minimum atomic E-state index is -0.766. The Hall–Kier alpha value is -5.47. The molecule has 8 heteroatoms. The van der Waals surface area contributed by atoms with Gasteiger partial charge >= 0.3 is 5.97 Å². The first kappa shape index (κ1) is 29.3. The Balaban J connectivity index is 1.53. The van der Waals surface area contributed by atoms with Crippen LogP contribution < -0.4 is 19.6 Å². The summed E-state index contributed by atoms with van der Waals surface area (Å²) in [6.45, 7) is 4.01. The molecule has 0 amide bonds. The largest absolute Gasteiger partial charge is 0.497 e. The number of carbonyl (C=O) groups is 1. The normalized spacial score (nSPS) is 14.7. The van der Waals surface area contributed by atoms with Crippen molar-refractivity contribution in [3.05, 3.63) is 151 Å². The molecule has 7 rings (SSSR count). The van der Waals surface area contributed by atoms with Crippen LogP contribution in [0.25, 0.3) is 33.9 Å². The highest BCUT2D eigenvalue weighted by Gasteiger charge is 2.35. The zero-order valence-corrected chi connectivity index (χ0v) is 26.4. The van der Waals surface area contributed by atoms with E-state index in [1.165, 1.54) is 11.3 Å². The number of H-pyrrole nitrogens is 1. The molecule has 1 N–H and O–H groups in total. The minimum Gasteiger partial charge on any atom is -0.497 e. The van der Waals surface area contributed by atoms with Gasteiger partial charge in [-0.3, -0.25) is 9.36 Å². The van der Waals surface area contributed by atoms with Crippen LogP contribution in [0.3, 0.4) is 0 Å². The molecular weight excluding hydrogens is 595 g/mol. The van der Waals surface area contributed by atoms with E-state index in [0.717, 1.165) is 44.4 Å². The van der Waals surface area contributed by atoms with E-state index in [4.69, 9.17) is 14.5 Å². The zero-order chi connectivity index (χ0) is 31.8. The van der Waals surface area contributed by atoms with Crippen LogP contribution in [0.4, 0.5) is 0 Å². The second-order valence-electron chi connectivity index (χ2n) is 11.0. The third-order valence-corrected chi connectivity index (χ3v) is 9.12. The van der Waals surface area contributed by atoms with Crippen LogP contribution in [0.5, 0.6) is 5.75 Å². The molecule has 0 saturated heterocycles. The van der Waals surface area contributed by atoms with E-state index in [9.17, 15) is 9.59 Å². The van der Waals surface area contributed by atoms with Crippen molar-refractivity contribution in [2.45, 2.75) is 19.9 Å². The molecule has 0 spiro atoms. The molecule has 0 unspecified atom stereocenters. The highest BCUT2D eigenvalue weighted by Crippen LogP contribution is 2.36. The molecule has 1 aliphatic heterocycles. The first-order chi connectivity index (χ1) is 22.5. The third-order valence-electron chi connectivity index (χ3n) is 8.14. The van der Waals surface area contributed by atoms with Gasteiger partial charge in [-0.15, -0.1) is 0 Å². The first-order valence-electron chi connectivity index (χ1n) is 15.1. The van der Waals surface area contributed by atoms with Crippen molar-refractivity contribution in [1.29, 1.82) is 0 Å². The Labute approximate surface area is 269 Å². The van der Waals surface area contributed by atoms with Crippen LogP contribution in [0.1, 0.15) is 35.2 Å². The van der Waals surface area contributed by atoms with Gasteiger partial charge in [0, 0.05) is 22.0 Å². The summed E-state index contributed by atoms with van der Waals surface area (Å²) in [7, 11) is 1.60. The van der Waals surface area contributed by atoms with Crippen LogP contribution in [0.2, 0.25) is 0 Å². The van der Waals surface area contributed by atoms with Crippen molar-refractivity contribution in [3.8, 4) is 17.0 Å². The Kier molecular flexibility index (Phi) is 7.72. The number of aryl methyl sites for hydroxylation is 1.